The van der Waals surface area contributed by atoms with Gasteiger partial charge in [0.1, 0.15) is 0 Å². The van der Waals surface area contributed by atoms with Crippen LogP contribution in [0.5, 0.6) is 0 Å². The average molecular weight is 163 g/mol. The average Bonchev–Trinajstić information content (AvgIpc) is 2.12. The first kappa shape index (κ1) is 13.4. The zero-order valence-electron chi connectivity index (χ0n) is 7.34. The summed E-state index contributed by atoms with van der Waals surface area (Å²) in [6.45, 7) is 4.43. The van der Waals surface area contributed by atoms with E-state index in [2.05, 4.69) is 17.0 Å². The van der Waals surface area contributed by atoms with Crippen LogP contribution in [0.1, 0.15) is 26.2 Å². The van der Waals surface area contributed by atoms with Crippen molar-refractivity contribution in [3.05, 3.63) is 0 Å². The summed E-state index contributed by atoms with van der Waals surface area (Å²) in [7, 11) is 0. The molecule has 0 atom stereocenters. The first-order valence-corrected chi connectivity index (χ1v) is 4.06. The number of aliphatic hydroxyl groups is 1. The molecule has 0 aliphatic carbocycles. The quantitative estimate of drug-likeness (QED) is 0.288. The molecule has 1 fully saturated rings. The molecule has 0 unspecified atom stereocenters. The smallest absolute Gasteiger partial charge is 0.0402 e. The molecule has 0 spiro atoms. The van der Waals surface area contributed by atoms with Gasteiger partial charge in [0, 0.05) is 6.61 Å². The Balaban J connectivity index is 0. The number of hydrogen-bond acceptors (Lipinski definition) is 4. The van der Waals surface area contributed by atoms with Gasteiger partial charge in [-0.05, 0) is 32.9 Å². The summed E-state index contributed by atoms with van der Waals surface area (Å²) in [5.41, 5.74) is 0. The highest BCUT2D eigenvalue weighted by atomic mass is 16.2. The Morgan fingerprint density at radius 1 is 1.18 bits per heavy atom. The Bertz CT molecular complexity index is 37.4. The summed E-state index contributed by atoms with van der Waals surface area (Å²) in [6, 6.07) is 0. The van der Waals surface area contributed by atoms with E-state index in [9.17, 15) is 0 Å². The van der Waals surface area contributed by atoms with Crippen molar-refractivity contribution in [2.75, 3.05) is 19.7 Å². The van der Waals surface area contributed by atoms with E-state index in [0.29, 0.717) is 0 Å². The zero-order chi connectivity index (χ0) is 8.95. The van der Waals surface area contributed by atoms with Gasteiger partial charge in [-0.15, -0.1) is 0 Å². The zero-order valence-corrected chi connectivity index (χ0v) is 7.34. The maximum atomic E-state index is 7.57. The van der Waals surface area contributed by atoms with Crippen LogP contribution in [0.3, 0.4) is 0 Å². The first-order valence-electron chi connectivity index (χ1n) is 4.06. The molecule has 4 nitrogen and oxygen atoms in total. The Morgan fingerprint density at radius 2 is 1.55 bits per heavy atom. The fraction of sp³-hybridized carbons (Fsp3) is 1.00. The molecule has 1 heterocycles. The second-order valence-electron chi connectivity index (χ2n) is 2.13. The van der Waals surface area contributed by atoms with Crippen LogP contribution in [-0.4, -0.2) is 24.8 Å². The van der Waals surface area contributed by atoms with Crippen LogP contribution in [0.25, 0.3) is 0 Å². The minimum Gasteiger partial charge on any atom is -0.397 e. The molecule has 0 aromatic heterocycles. The first-order chi connectivity index (χ1) is 5.41. The SMILES string of the molecule is C1CCNCC1.CCO.NN. The van der Waals surface area contributed by atoms with Crippen LogP contribution in [-0.2, 0) is 0 Å². The second-order valence-corrected chi connectivity index (χ2v) is 2.13. The van der Waals surface area contributed by atoms with Gasteiger partial charge < -0.3 is 10.4 Å². The lowest BCUT2D eigenvalue weighted by Crippen LogP contribution is -2.21. The summed E-state index contributed by atoms with van der Waals surface area (Å²) in [6.07, 6.45) is 4.22. The molecular formula is C7H21N3O. The summed E-state index contributed by atoms with van der Waals surface area (Å²) < 4.78 is 0. The monoisotopic (exact) mass is 163 g/mol. The molecule has 0 bridgehead atoms. The van der Waals surface area contributed by atoms with Gasteiger partial charge in [0.15, 0.2) is 0 Å². The van der Waals surface area contributed by atoms with Crippen molar-refractivity contribution in [3.8, 4) is 0 Å². The third-order valence-corrected chi connectivity index (χ3v) is 1.21. The number of hydrazine groups is 1. The van der Waals surface area contributed by atoms with E-state index < -0.39 is 0 Å². The van der Waals surface area contributed by atoms with Crippen molar-refractivity contribution >= 4 is 0 Å². The van der Waals surface area contributed by atoms with E-state index in [1.54, 1.807) is 6.92 Å². The molecule has 6 N–H and O–H groups in total. The van der Waals surface area contributed by atoms with Crippen LogP contribution in [0.2, 0.25) is 0 Å². The van der Waals surface area contributed by atoms with E-state index in [1.165, 1.54) is 32.4 Å². The Kier molecular flexibility index (Phi) is 20.1. The molecule has 0 aromatic rings. The van der Waals surface area contributed by atoms with E-state index in [1.807, 2.05) is 0 Å². The maximum absolute atomic E-state index is 7.57. The van der Waals surface area contributed by atoms with E-state index in [0.717, 1.165) is 0 Å². The molecule has 0 aromatic carbocycles. The lowest BCUT2D eigenvalue weighted by Gasteiger charge is -2.08. The second kappa shape index (κ2) is 16.4. The van der Waals surface area contributed by atoms with Crippen molar-refractivity contribution in [2.45, 2.75) is 26.2 Å². The minimum absolute atomic E-state index is 0.250. The molecule has 1 saturated heterocycles. The molecule has 11 heavy (non-hydrogen) atoms. The predicted molar refractivity (Wildman–Crippen MR) is 47.9 cm³/mol. The van der Waals surface area contributed by atoms with Crippen LogP contribution in [0.15, 0.2) is 0 Å². The fourth-order valence-corrected chi connectivity index (χ4v) is 0.802. The molecule has 1 aliphatic heterocycles. The van der Waals surface area contributed by atoms with Gasteiger partial charge in [-0.3, -0.25) is 11.7 Å². The molecular weight excluding hydrogens is 142 g/mol. The number of aliphatic hydroxyl groups excluding tert-OH is 1. The van der Waals surface area contributed by atoms with Gasteiger partial charge in [0.2, 0.25) is 0 Å². The van der Waals surface area contributed by atoms with Crippen LogP contribution >= 0.6 is 0 Å². The van der Waals surface area contributed by atoms with E-state index in [-0.39, 0.29) is 6.61 Å². The molecule has 0 saturated carbocycles. The number of nitrogens with one attached hydrogen (secondary N) is 1. The summed E-state index contributed by atoms with van der Waals surface area (Å²) >= 11 is 0. The van der Waals surface area contributed by atoms with Crippen molar-refractivity contribution in [2.24, 2.45) is 11.7 Å². The lowest BCUT2D eigenvalue weighted by molar-refractivity contribution is 0.318. The van der Waals surface area contributed by atoms with Gasteiger partial charge in [0.25, 0.3) is 0 Å². The van der Waals surface area contributed by atoms with E-state index >= 15 is 0 Å². The third kappa shape index (κ3) is 17.7. The highest BCUT2D eigenvalue weighted by molar-refractivity contribution is 4.55. The van der Waals surface area contributed by atoms with Crippen molar-refractivity contribution in [3.63, 3.8) is 0 Å². The van der Waals surface area contributed by atoms with Gasteiger partial charge in [-0.1, -0.05) is 6.42 Å². The normalized spacial score (nSPS) is 15.3. The summed E-state index contributed by atoms with van der Waals surface area (Å²) in [5, 5.41) is 10.9. The lowest BCUT2D eigenvalue weighted by atomic mass is 10.2. The minimum atomic E-state index is 0.250. The van der Waals surface area contributed by atoms with Gasteiger partial charge in [-0.25, -0.2) is 0 Å². The molecule has 1 rings (SSSR count). The summed E-state index contributed by atoms with van der Waals surface area (Å²) in [4.78, 5) is 0. The molecule has 1 aliphatic rings. The topological polar surface area (TPSA) is 84.3 Å². The van der Waals surface area contributed by atoms with Crippen molar-refractivity contribution in [1.82, 2.24) is 5.32 Å². The number of hydrogen-bond donors (Lipinski definition) is 4. The molecule has 70 valence electrons. The third-order valence-electron chi connectivity index (χ3n) is 1.21. The highest BCUT2D eigenvalue weighted by Crippen LogP contribution is 1.96. The van der Waals surface area contributed by atoms with E-state index in [4.69, 9.17) is 5.11 Å². The molecule has 0 radical (unpaired) electrons. The predicted octanol–water partition coefficient (Wildman–Crippen LogP) is -0.423. The Labute approximate surface area is 68.9 Å². The Hall–Kier alpha value is -0.160. The molecule has 0 amide bonds. The number of rotatable bonds is 0. The number of piperidine rings is 1. The van der Waals surface area contributed by atoms with Crippen molar-refractivity contribution < 1.29 is 5.11 Å². The van der Waals surface area contributed by atoms with Gasteiger partial charge in [0.05, 0.1) is 0 Å². The van der Waals surface area contributed by atoms with Crippen LogP contribution < -0.4 is 17.0 Å². The largest absolute Gasteiger partial charge is 0.397 e. The standard InChI is InChI=1S/C5H11N.C2H6O.H4N2/c1-2-4-6-5-3-1;1-2-3;1-2/h6H,1-5H2;3H,2H2,1H3;1-2H2. The summed E-state index contributed by atoms with van der Waals surface area (Å²) in [5.74, 6) is 8.00. The number of nitrogens with two attached hydrogens (primary N) is 2. The van der Waals surface area contributed by atoms with Gasteiger partial charge >= 0.3 is 0 Å². The Morgan fingerprint density at radius 3 is 1.64 bits per heavy atom. The molecule has 4 heteroatoms. The van der Waals surface area contributed by atoms with Crippen LogP contribution in [0.4, 0.5) is 0 Å². The van der Waals surface area contributed by atoms with Crippen molar-refractivity contribution in [1.29, 1.82) is 0 Å². The van der Waals surface area contributed by atoms with Gasteiger partial charge in [-0.2, -0.15) is 0 Å². The maximum Gasteiger partial charge on any atom is 0.0402 e. The highest BCUT2D eigenvalue weighted by Gasteiger charge is 1.93. The van der Waals surface area contributed by atoms with Crippen LogP contribution in [0, 0.1) is 0 Å². The fourth-order valence-electron chi connectivity index (χ4n) is 0.802.